The molecule has 3 aromatic carbocycles. The van der Waals surface area contributed by atoms with Crippen molar-refractivity contribution in [2.75, 3.05) is 24.2 Å². The normalized spacial score (nSPS) is 11.9. The number of alkyl halides is 2. The minimum Gasteiger partial charge on any atom is -0.455 e. The number of hydrogen-bond donors (Lipinski definition) is 1. The van der Waals surface area contributed by atoms with Gasteiger partial charge in [-0.25, -0.2) is 26.6 Å². The minimum atomic E-state index is -4.08. The van der Waals surface area contributed by atoms with Gasteiger partial charge in [-0.2, -0.15) is 4.98 Å². The highest BCUT2D eigenvalue weighted by Crippen LogP contribution is 2.42. The molecule has 0 fully saturated rings. The first-order valence-electron chi connectivity index (χ1n) is 13.7. The van der Waals surface area contributed by atoms with E-state index < -0.39 is 41.1 Å². The molecule has 0 radical (unpaired) electrons. The fourth-order valence-corrected chi connectivity index (χ4v) is 6.06. The lowest BCUT2D eigenvalue weighted by molar-refractivity contribution is 0.0964. The van der Waals surface area contributed by atoms with Crippen molar-refractivity contribution in [3.05, 3.63) is 90.4 Å². The molecule has 6 aromatic rings. The van der Waals surface area contributed by atoms with Gasteiger partial charge in [0.25, 0.3) is 5.91 Å². The van der Waals surface area contributed by atoms with Crippen LogP contribution in [-0.4, -0.2) is 50.6 Å². The van der Waals surface area contributed by atoms with Crippen molar-refractivity contribution in [2.24, 2.45) is 0 Å². The van der Waals surface area contributed by atoms with Crippen molar-refractivity contribution in [3.63, 3.8) is 0 Å². The Bertz CT molecular complexity index is 2130. The van der Waals surface area contributed by atoms with E-state index in [1.165, 1.54) is 37.4 Å². The van der Waals surface area contributed by atoms with E-state index in [0.717, 1.165) is 10.6 Å². The second-order valence-electron chi connectivity index (χ2n) is 10.2. The van der Waals surface area contributed by atoms with E-state index in [9.17, 15) is 26.4 Å². The number of hydrogen-bond acceptors (Lipinski definition) is 7. The number of pyridine rings is 1. The number of sulfonamides is 1. The topological polar surface area (TPSA) is 119 Å². The third kappa shape index (κ3) is 5.86. The molecule has 0 saturated heterocycles. The average molecular weight is 635 g/mol. The summed E-state index contributed by atoms with van der Waals surface area (Å²) in [5, 5.41) is 2.91. The number of rotatable bonds is 9. The van der Waals surface area contributed by atoms with Gasteiger partial charge in [-0.05, 0) is 60.2 Å². The van der Waals surface area contributed by atoms with Crippen molar-refractivity contribution >= 4 is 43.8 Å². The Morgan fingerprint density at radius 1 is 0.956 bits per heavy atom. The molecular formula is C32H25F3N4O5S. The van der Waals surface area contributed by atoms with E-state index in [1.54, 1.807) is 48.7 Å². The molecule has 0 saturated carbocycles. The molecule has 0 aliphatic carbocycles. The van der Waals surface area contributed by atoms with Gasteiger partial charge in [0.05, 0.1) is 17.5 Å². The van der Waals surface area contributed by atoms with Crippen LogP contribution >= 0.6 is 0 Å². The number of carbonyl (C=O) groups is 1. The molecule has 13 heteroatoms. The van der Waals surface area contributed by atoms with Gasteiger partial charge in [0.1, 0.15) is 17.2 Å². The zero-order valence-electron chi connectivity index (χ0n) is 23.9. The molecule has 0 bridgehead atoms. The van der Waals surface area contributed by atoms with E-state index in [2.05, 4.69) is 15.3 Å². The number of fused-ring (bicyclic) bond motifs is 2. The van der Waals surface area contributed by atoms with Crippen LogP contribution in [0.5, 0.6) is 0 Å². The van der Waals surface area contributed by atoms with E-state index in [-0.39, 0.29) is 28.5 Å². The van der Waals surface area contributed by atoms with Crippen LogP contribution in [0.4, 0.5) is 18.9 Å². The number of benzene rings is 3. The Hall–Kier alpha value is -5.17. The van der Waals surface area contributed by atoms with Crippen LogP contribution in [0.2, 0.25) is 0 Å². The number of aromatic nitrogens is 2. The Labute approximate surface area is 255 Å². The predicted octanol–water partition coefficient (Wildman–Crippen LogP) is 6.89. The Morgan fingerprint density at radius 2 is 1.71 bits per heavy atom. The molecule has 230 valence electrons. The molecule has 1 N–H and O–H groups in total. The maximum Gasteiger partial charge on any atom is 0.255 e. The van der Waals surface area contributed by atoms with Gasteiger partial charge in [0, 0.05) is 54.4 Å². The lowest BCUT2D eigenvalue weighted by Gasteiger charge is -2.25. The highest BCUT2D eigenvalue weighted by Gasteiger charge is 2.28. The minimum absolute atomic E-state index is 0.0601. The zero-order valence-corrected chi connectivity index (χ0v) is 24.7. The number of furan rings is 1. The summed E-state index contributed by atoms with van der Waals surface area (Å²) in [6.45, 7) is -0.515. The van der Waals surface area contributed by atoms with Crippen LogP contribution in [0, 0.1) is 5.82 Å². The lowest BCUT2D eigenvalue weighted by atomic mass is 9.97. The van der Waals surface area contributed by atoms with Gasteiger partial charge in [-0.15, -0.1) is 0 Å². The second-order valence-corrected chi connectivity index (χ2v) is 12.1. The standard InChI is InChI=1S/C32H25F3N4O5S/c1-36-31(40)28-23-16-22(19-5-3-6-20(15-19)32-38-30-25(44-32)7-4-13-37-30)24(39(45(2,41)42)14-12-27(34)35)17-26(23)43-29(28)18-8-10-21(33)11-9-18/h3-11,13,15-17,27H,12,14H2,1-2H3,(H,36,40). The Balaban J connectivity index is 1.62. The van der Waals surface area contributed by atoms with Crippen molar-refractivity contribution in [3.8, 4) is 33.9 Å². The molecule has 0 unspecified atom stereocenters. The number of oxazole rings is 1. The lowest BCUT2D eigenvalue weighted by Crippen LogP contribution is -2.32. The van der Waals surface area contributed by atoms with Crippen LogP contribution < -0.4 is 9.62 Å². The number of halogens is 3. The molecule has 0 spiro atoms. The quantitative estimate of drug-likeness (QED) is 0.184. The van der Waals surface area contributed by atoms with Crippen molar-refractivity contribution < 1.29 is 35.2 Å². The van der Waals surface area contributed by atoms with E-state index in [4.69, 9.17) is 8.83 Å². The smallest absolute Gasteiger partial charge is 0.255 e. The maximum atomic E-state index is 13.7. The fourth-order valence-electron chi connectivity index (χ4n) is 5.12. The van der Waals surface area contributed by atoms with Crippen molar-refractivity contribution in [1.82, 2.24) is 15.3 Å². The third-order valence-electron chi connectivity index (χ3n) is 7.17. The molecule has 3 heterocycles. The summed E-state index contributed by atoms with van der Waals surface area (Å²) in [5.74, 6) is -0.604. The molecule has 0 aliphatic rings. The van der Waals surface area contributed by atoms with Gasteiger partial charge in [0.2, 0.25) is 22.3 Å². The summed E-state index contributed by atoms with van der Waals surface area (Å²) in [4.78, 5) is 21.9. The first kappa shape index (κ1) is 29.9. The fraction of sp³-hybridized carbons (Fsp3) is 0.156. The van der Waals surface area contributed by atoms with Crippen molar-refractivity contribution in [2.45, 2.75) is 12.8 Å². The summed E-state index contributed by atoms with van der Waals surface area (Å²) >= 11 is 0. The number of anilines is 1. The van der Waals surface area contributed by atoms with Crippen LogP contribution in [-0.2, 0) is 10.0 Å². The summed E-state index contributed by atoms with van der Waals surface area (Å²) in [5.41, 5.74) is 2.93. The van der Waals surface area contributed by atoms with Gasteiger partial charge < -0.3 is 14.2 Å². The van der Waals surface area contributed by atoms with Crippen LogP contribution in [0.1, 0.15) is 16.8 Å². The second kappa shape index (κ2) is 11.7. The van der Waals surface area contributed by atoms with Crippen LogP contribution in [0.15, 0.2) is 87.8 Å². The molecule has 9 nitrogen and oxygen atoms in total. The summed E-state index contributed by atoms with van der Waals surface area (Å²) in [6.07, 6.45) is -0.967. The highest BCUT2D eigenvalue weighted by atomic mass is 32.2. The molecular weight excluding hydrogens is 609 g/mol. The Morgan fingerprint density at radius 3 is 2.40 bits per heavy atom. The number of nitrogens with zero attached hydrogens (tertiary/aromatic N) is 3. The van der Waals surface area contributed by atoms with Gasteiger partial charge >= 0.3 is 0 Å². The maximum absolute atomic E-state index is 13.7. The molecule has 0 aliphatic heterocycles. The number of amides is 1. The highest BCUT2D eigenvalue weighted by molar-refractivity contribution is 7.92. The molecule has 3 aromatic heterocycles. The molecule has 1 amide bonds. The summed E-state index contributed by atoms with van der Waals surface area (Å²) < 4.78 is 79.5. The van der Waals surface area contributed by atoms with Gasteiger partial charge in [-0.1, -0.05) is 12.1 Å². The number of nitrogens with one attached hydrogen (secondary N) is 1. The molecule has 6 rings (SSSR count). The Kier molecular flexibility index (Phi) is 7.79. The van der Waals surface area contributed by atoms with Gasteiger partial charge in [-0.3, -0.25) is 9.10 Å². The van der Waals surface area contributed by atoms with E-state index in [0.29, 0.717) is 38.9 Å². The zero-order chi connectivity index (χ0) is 31.9. The predicted molar refractivity (Wildman–Crippen MR) is 164 cm³/mol. The number of carbonyl (C=O) groups excluding carboxylic acids is 1. The van der Waals surface area contributed by atoms with E-state index >= 15 is 0 Å². The molecule has 45 heavy (non-hydrogen) atoms. The SMILES string of the molecule is CNC(=O)c1c(-c2ccc(F)cc2)oc2cc(N(CCC(F)F)S(C)(=O)=O)c(-c3cccc(-c4nc5ncccc5o4)c3)cc12. The van der Waals surface area contributed by atoms with Crippen LogP contribution in [0.25, 0.3) is 56.1 Å². The third-order valence-corrected chi connectivity index (χ3v) is 8.35. The first-order chi connectivity index (χ1) is 21.5. The monoisotopic (exact) mass is 634 g/mol. The summed E-state index contributed by atoms with van der Waals surface area (Å²) in [7, 11) is -2.63. The first-order valence-corrected chi connectivity index (χ1v) is 15.5. The summed E-state index contributed by atoms with van der Waals surface area (Å²) in [6, 6.07) is 18.6. The van der Waals surface area contributed by atoms with Crippen molar-refractivity contribution in [1.29, 1.82) is 0 Å². The van der Waals surface area contributed by atoms with Crippen LogP contribution in [0.3, 0.4) is 0 Å². The van der Waals surface area contributed by atoms with Gasteiger partial charge in [0.15, 0.2) is 11.2 Å². The van der Waals surface area contributed by atoms with E-state index in [1.807, 2.05) is 0 Å². The average Bonchev–Trinajstić information content (AvgIpc) is 3.62. The molecule has 0 atom stereocenters. The largest absolute Gasteiger partial charge is 0.455 e.